The topological polar surface area (TPSA) is 58.2 Å². The minimum atomic E-state index is -3.09. The lowest BCUT2D eigenvalue weighted by molar-refractivity contribution is 0.427. The first kappa shape index (κ1) is 10.9. The Morgan fingerprint density at radius 2 is 2.15 bits per heavy atom. The Balaban J connectivity index is 2.47. The second kappa shape index (κ2) is 4.39. The van der Waals surface area contributed by atoms with Crippen LogP contribution in [-0.4, -0.2) is 32.8 Å². The van der Waals surface area contributed by atoms with Crippen molar-refractivity contribution in [3.05, 3.63) is 0 Å². The molecule has 0 aromatic heterocycles. The van der Waals surface area contributed by atoms with Crippen LogP contribution in [0.1, 0.15) is 26.7 Å². The molecule has 1 saturated heterocycles. The van der Waals surface area contributed by atoms with Gasteiger partial charge in [0.1, 0.15) is 0 Å². The van der Waals surface area contributed by atoms with Crippen LogP contribution in [0.5, 0.6) is 0 Å². The van der Waals surface area contributed by atoms with Crippen molar-refractivity contribution < 1.29 is 8.42 Å². The summed E-state index contributed by atoms with van der Waals surface area (Å²) in [5.74, 6) is 0. The van der Waals surface area contributed by atoms with Gasteiger partial charge in [-0.25, -0.2) is 13.1 Å². The third-order valence-corrected chi connectivity index (χ3v) is 4.15. The quantitative estimate of drug-likeness (QED) is 0.687. The fourth-order valence-corrected chi connectivity index (χ4v) is 2.26. The van der Waals surface area contributed by atoms with Crippen molar-refractivity contribution in [3.8, 4) is 0 Å². The van der Waals surface area contributed by atoms with Crippen molar-refractivity contribution in [2.45, 2.75) is 38.0 Å². The molecule has 1 aliphatic rings. The van der Waals surface area contributed by atoms with E-state index in [1.54, 1.807) is 13.8 Å². The fraction of sp³-hybridized carbons (Fsp3) is 1.00. The van der Waals surface area contributed by atoms with Crippen LogP contribution in [0.25, 0.3) is 0 Å². The van der Waals surface area contributed by atoms with Crippen molar-refractivity contribution in [2.75, 3.05) is 13.1 Å². The van der Waals surface area contributed by atoms with E-state index in [1.807, 2.05) is 0 Å². The molecule has 0 saturated carbocycles. The number of hydrogen-bond acceptors (Lipinski definition) is 3. The average Bonchev–Trinajstić information content (AvgIpc) is 2.05. The van der Waals surface area contributed by atoms with Crippen LogP contribution in [0.2, 0.25) is 0 Å². The van der Waals surface area contributed by atoms with Gasteiger partial charge in [0.15, 0.2) is 0 Å². The molecule has 1 heterocycles. The van der Waals surface area contributed by atoms with Crippen LogP contribution < -0.4 is 10.0 Å². The summed E-state index contributed by atoms with van der Waals surface area (Å²) < 4.78 is 25.6. The molecule has 1 aliphatic heterocycles. The summed E-state index contributed by atoms with van der Waals surface area (Å²) in [7, 11) is -3.09. The smallest absolute Gasteiger partial charge is 0.214 e. The summed E-state index contributed by atoms with van der Waals surface area (Å²) in [5, 5.41) is 2.83. The first-order valence-electron chi connectivity index (χ1n) is 4.74. The van der Waals surface area contributed by atoms with Gasteiger partial charge in [0.05, 0.1) is 5.25 Å². The number of sulfonamides is 1. The summed E-state index contributed by atoms with van der Waals surface area (Å²) >= 11 is 0. The SMILES string of the molecule is CC(C)S(=O)(=O)N[C@@H]1CCCNC1. The van der Waals surface area contributed by atoms with Crippen LogP contribution >= 0.6 is 0 Å². The monoisotopic (exact) mass is 206 g/mol. The van der Waals surface area contributed by atoms with E-state index in [9.17, 15) is 8.42 Å². The van der Waals surface area contributed by atoms with Crippen molar-refractivity contribution in [1.29, 1.82) is 0 Å². The molecular formula is C8H18N2O2S. The van der Waals surface area contributed by atoms with Crippen molar-refractivity contribution >= 4 is 10.0 Å². The Bertz CT molecular complexity index is 243. The van der Waals surface area contributed by atoms with E-state index >= 15 is 0 Å². The fourth-order valence-electron chi connectivity index (χ4n) is 1.32. The van der Waals surface area contributed by atoms with Crippen molar-refractivity contribution in [3.63, 3.8) is 0 Å². The Labute approximate surface area is 80.1 Å². The van der Waals surface area contributed by atoms with Gasteiger partial charge in [0.2, 0.25) is 10.0 Å². The molecule has 0 spiro atoms. The first-order chi connectivity index (χ1) is 6.02. The van der Waals surface area contributed by atoms with Gasteiger partial charge < -0.3 is 5.32 Å². The highest BCUT2D eigenvalue weighted by atomic mass is 32.2. The molecular weight excluding hydrogens is 188 g/mol. The van der Waals surface area contributed by atoms with E-state index < -0.39 is 10.0 Å². The maximum Gasteiger partial charge on any atom is 0.214 e. The van der Waals surface area contributed by atoms with Crippen LogP contribution in [-0.2, 0) is 10.0 Å². The molecule has 1 fully saturated rings. The van der Waals surface area contributed by atoms with Gasteiger partial charge in [-0.2, -0.15) is 0 Å². The Morgan fingerprint density at radius 1 is 1.46 bits per heavy atom. The maximum absolute atomic E-state index is 11.5. The Hall–Kier alpha value is -0.130. The van der Waals surface area contributed by atoms with E-state index in [0.717, 1.165) is 25.9 Å². The van der Waals surface area contributed by atoms with Crippen molar-refractivity contribution in [2.24, 2.45) is 0 Å². The first-order valence-corrected chi connectivity index (χ1v) is 6.29. The van der Waals surface area contributed by atoms with E-state index in [-0.39, 0.29) is 11.3 Å². The molecule has 0 aromatic rings. The van der Waals surface area contributed by atoms with Crippen LogP contribution in [0.3, 0.4) is 0 Å². The van der Waals surface area contributed by atoms with E-state index in [4.69, 9.17) is 0 Å². The van der Waals surface area contributed by atoms with Crippen molar-refractivity contribution in [1.82, 2.24) is 10.0 Å². The minimum Gasteiger partial charge on any atom is -0.315 e. The highest BCUT2D eigenvalue weighted by Gasteiger charge is 2.22. The maximum atomic E-state index is 11.5. The molecule has 0 aromatic carbocycles. The van der Waals surface area contributed by atoms with Gasteiger partial charge in [-0.1, -0.05) is 0 Å². The highest BCUT2D eigenvalue weighted by Crippen LogP contribution is 2.05. The summed E-state index contributed by atoms with van der Waals surface area (Å²) in [6.45, 7) is 5.14. The predicted molar refractivity (Wildman–Crippen MR) is 53.1 cm³/mol. The number of hydrogen-bond donors (Lipinski definition) is 2. The predicted octanol–water partition coefficient (Wildman–Crippen LogP) is 0.0662. The second-order valence-electron chi connectivity index (χ2n) is 3.75. The molecule has 1 atom stereocenters. The normalized spacial score (nSPS) is 25.0. The zero-order chi connectivity index (χ0) is 9.90. The Kier molecular flexibility index (Phi) is 3.70. The molecule has 0 aliphatic carbocycles. The highest BCUT2D eigenvalue weighted by molar-refractivity contribution is 7.90. The van der Waals surface area contributed by atoms with Crippen LogP contribution in [0, 0.1) is 0 Å². The van der Waals surface area contributed by atoms with E-state index in [0.29, 0.717) is 0 Å². The summed E-state index contributed by atoms with van der Waals surface area (Å²) in [5.41, 5.74) is 0. The molecule has 78 valence electrons. The van der Waals surface area contributed by atoms with Gasteiger partial charge in [0.25, 0.3) is 0 Å². The average molecular weight is 206 g/mol. The van der Waals surface area contributed by atoms with Crippen LogP contribution in [0.4, 0.5) is 0 Å². The second-order valence-corrected chi connectivity index (χ2v) is 6.02. The molecule has 0 amide bonds. The largest absolute Gasteiger partial charge is 0.315 e. The Morgan fingerprint density at radius 3 is 2.62 bits per heavy atom. The number of nitrogens with one attached hydrogen (secondary N) is 2. The van der Waals surface area contributed by atoms with Gasteiger partial charge in [0, 0.05) is 12.6 Å². The lowest BCUT2D eigenvalue weighted by Gasteiger charge is -2.24. The number of piperidine rings is 1. The van der Waals surface area contributed by atoms with Gasteiger partial charge >= 0.3 is 0 Å². The molecule has 0 radical (unpaired) electrons. The molecule has 0 unspecified atom stereocenters. The molecule has 13 heavy (non-hydrogen) atoms. The van der Waals surface area contributed by atoms with Crippen LogP contribution in [0.15, 0.2) is 0 Å². The zero-order valence-corrected chi connectivity index (χ0v) is 9.02. The van der Waals surface area contributed by atoms with E-state index in [1.165, 1.54) is 0 Å². The number of rotatable bonds is 3. The molecule has 2 N–H and O–H groups in total. The molecule has 1 rings (SSSR count). The standard InChI is InChI=1S/C8H18N2O2S/c1-7(2)13(11,12)10-8-4-3-5-9-6-8/h7-10H,3-6H2,1-2H3/t8-/m1/s1. The lowest BCUT2D eigenvalue weighted by atomic mass is 10.1. The molecule has 0 bridgehead atoms. The third kappa shape index (κ3) is 3.25. The third-order valence-electron chi connectivity index (χ3n) is 2.25. The van der Waals surface area contributed by atoms with Gasteiger partial charge in [-0.05, 0) is 33.2 Å². The lowest BCUT2D eigenvalue weighted by Crippen LogP contribution is -2.47. The van der Waals surface area contributed by atoms with Gasteiger partial charge in [-0.3, -0.25) is 0 Å². The minimum absolute atomic E-state index is 0.0844. The molecule has 4 nitrogen and oxygen atoms in total. The van der Waals surface area contributed by atoms with Gasteiger partial charge in [-0.15, -0.1) is 0 Å². The summed E-state index contributed by atoms with van der Waals surface area (Å²) in [6.07, 6.45) is 1.99. The molecule has 5 heteroatoms. The summed E-state index contributed by atoms with van der Waals surface area (Å²) in [4.78, 5) is 0. The zero-order valence-electron chi connectivity index (χ0n) is 8.21. The van der Waals surface area contributed by atoms with E-state index in [2.05, 4.69) is 10.0 Å². The summed E-state index contributed by atoms with van der Waals surface area (Å²) in [6, 6.07) is 0.0844.